The maximum atomic E-state index is 9.58. The average Bonchev–Trinajstić information content (AvgIpc) is 2.51. The Morgan fingerprint density at radius 2 is 1.90 bits per heavy atom. The summed E-state index contributed by atoms with van der Waals surface area (Å²) in [6, 6.07) is 18.5. The molecule has 2 nitrogen and oxygen atoms in total. The van der Waals surface area contributed by atoms with Gasteiger partial charge >= 0.3 is 0 Å². The molecule has 0 spiro atoms. The van der Waals surface area contributed by atoms with Gasteiger partial charge in [-0.15, -0.1) is 11.8 Å². The summed E-state index contributed by atoms with van der Waals surface area (Å²) >= 11 is 1.88. The van der Waals surface area contributed by atoms with Gasteiger partial charge in [0.1, 0.15) is 5.75 Å². The van der Waals surface area contributed by atoms with Crippen LogP contribution in [-0.4, -0.2) is 23.4 Å². The molecule has 0 fully saturated rings. The molecule has 2 N–H and O–H groups in total. The number of benzene rings is 2. The summed E-state index contributed by atoms with van der Waals surface area (Å²) in [5.41, 5.74) is 1.18. The molecule has 1 atom stereocenters. The minimum Gasteiger partial charge on any atom is -0.508 e. The van der Waals surface area contributed by atoms with Crippen LogP contribution in [0.5, 0.6) is 5.75 Å². The lowest BCUT2D eigenvalue weighted by molar-refractivity contribution is 0.473. The Hall–Kier alpha value is -1.45. The van der Waals surface area contributed by atoms with Crippen molar-refractivity contribution in [2.75, 3.05) is 12.3 Å². The highest BCUT2D eigenvalue weighted by molar-refractivity contribution is 7.99. The lowest BCUT2D eigenvalue weighted by Gasteiger charge is -2.18. The van der Waals surface area contributed by atoms with Crippen LogP contribution in [0.2, 0.25) is 0 Å². The van der Waals surface area contributed by atoms with E-state index in [-0.39, 0.29) is 0 Å². The third kappa shape index (κ3) is 5.82. The van der Waals surface area contributed by atoms with Crippen molar-refractivity contribution in [2.24, 2.45) is 0 Å². The summed E-state index contributed by atoms with van der Waals surface area (Å²) in [4.78, 5) is 1.30. The molecule has 3 heteroatoms. The minimum absolute atomic E-state index is 0.345. The van der Waals surface area contributed by atoms with E-state index in [1.54, 1.807) is 6.07 Å². The Bertz CT molecular complexity index is 530. The molecule has 0 heterocycles. The van der Waals surface area contributed by atoms with Crippen LogP contribution in [0.15, 0.2) is 59.5 Å². The third-order valence-corrected chi connectivity index (χ3v) is 4.44. The van der Waals surface area contributed by atoms with E-state index in [1.165, 1.54) is 10.5 Å². The van der Waals surface area contributed by atoms with E-state index in [1.807, 2.05) is 30.0 Å². The normalized spacial score (nSPS) is 12.2. The lowest BCUT2D eigenvalue weighted by Crippen LogP contribution is -2.34. The molecule has 0 aliphatic rings. The summed E-state index contributed by atoms with van der Waals surface area (Å²) in [7, 11) is 0. The molecule has 2 aromatic carbocycles. The summed E-state index contributed by atoms with van der Waals surface area (Å²) in [6.45, 7) is 3.21. The fourth-order valence-electron chi connectivity index (χ4n) is 2.22. The Morgan fingerprint density at radius 1 is 1.10 bits per heavy atom. The van der Waals surface area contributed by atoms with Crippen LogP contribution in [0.25, 0.3) is 0 Å². The van der Waals surface area contributed by atoms with Crippen LogP contribution in [0.3, 0.4) is 0 Å². The molecule has 2 rings (SSSR count). The first kappa shape index (κ1) is 15.9. The van der Waals surface area contributed by atoms with E-state index in [4.69, 9.17) is 0 Å². The zero-order chi connectivity index (χ0) is 14.9. The smallest absolute Gasteiger partial charge is 0.115 e. The number of hydrogen-bond donors (Lipinski definition) is 2. The Balaban J connectivity index is 1.94. The topological polar surface area (TPSA) is 32.3 Å². The molecule has 0 saturated heterocycles. The standard InChI is InChI=1S/C18H23NOS/c1-2-11-19-16(12-15-7-6-8-17(20)13-15)14-21-18-9-4-3-5-10-18/h3-10,13,16,19-20H,2,11-12,14H2,1H3. The number of phenolic OH excluding ortho intramolecular Hbond substituents is 1. The fraction of sp³-hybridized carbons (Fsp3) is 0.333. The average molecular weight is 301 g/mol. The molecule has 112 valence electrons. The number of rotatable bonds is 8. The van der Waals surface area contributed by atoms with Crippen molar-refractivity contribution in [3.05, 3.63) is 60.2 Å². The summed E-state index contributed by atoms with van der Waals surface area (Å²) < 4.78 is 0. The molecule has 0 aromatic heterocycles. The van der Waals surface area contributed by atoms with Gasteiger partial charge in [0.15, 0.2) is 0 Å². The van der Waals surface area contributed by atoms with Crippen molar-refractivity contribution in [3.63, 3.8) is 0 Å². The van der Waals surface area contributed by atoms with Gasteiger partial charge in [-0.25, -0.2) is 0 Å². The van der Waals surface area contributed by atoms with Gasteiger partial charge in [-0.05, 0) is 49.2 Å². The van der Waals surface area contributed by atoms with Gasteiger partial charge in [0, 0.05) is 16.7 Å². The first-order valence-electron chi connectivity index (χ1n) is 7.47. The minimum atomic E-state index is 0.345. The number of aromatic hydroxyl groups is 1. The second kappa shape index (κ2) is 8.75. The molecule has 0 aliphatic carbocycles. The highest BCUT2D eigenvalue weighted by atomic mass is 32.2. The third-order valence-electron chi connectivity index (χ3n) is 3.27. The Labute approximate surface area is 131 Å². The van der Waals surface area contributed by atoms with E-state index in [2.05, 4.69) is 42.6 Å². The largest absolute Gasteiger partial charge is 0.508 e. The number of hydrogen-bond acceptors (Lipinski definition) is 3. The SMILES string of the molecule is CCCNC(CSc1ccccc1)Cc1cccc(O)c1. The molecule has 21 heavy (non-hydrogen) atoms. The van der Waals surface area contributed by atoms with Crippen LogP contribution in [0.1, 0.15) is 18.9 Å². The van der Waals surface area contributed by atoms with Gasteiger partial charge < -0.3 is 10.4 Å². The van der Waals surface area contributed by atoms with Crippen LogP contribution in [0.4, 0.5) is 0 Å². The van der Waals surface area contributed by atoms with Crippen molar-refractivity contribution in [1.82, 2.24) is 5.32 Å². The molecule has 0 saturated carbocycles. The van der Waals surface area contributed by atoms with E-state index in [9.17, 15) is 5.11 Å². The van der Waals surface area contributed by atoms with E-state index in [0.717, 1.165) is 25.1 Å². The second-order valence-electron chi connectivity index (χ2n) is 5.15. The van der Waals surface area contributed by atoms with Gasteiger partial charge in [-0.3, -0.25) is 0 Å². The van der Waals surface area contributed by atoms with Crippen molar-refractivity contribution >= 4 is 11.8 Å². The van der Waals surface area contributed by atoms with Gasteiger partial charge in [0.2, 0.25) is 0 Å². The number of phenols is 1. The second-order valence-corrected chi connectivity index (χ2v) is 6.24. The zero-order valence-corrected chi connectivity index (χ0v) is 13.3. The number of thioether (sulfide) groups is 1. The van der Waals surface area contributed by atoms with Crippen LogP contribution in [0, 0.1) is 0 Å². The van der Waals surface area contributed by atoms with Crippen molar-refractivity contribution in [2.45, 2.75) is 30.7 Å². The van der Waals surface area contributed by atoms with Crippen molar-refractivity contribution in [3.8, 4) is 5.75 Å². The van der Waals surface area contributed by atoms with Crippen LogP contribution >= 0.6 is 11.8 Å². The monoisotopic (exact) mass is 301 g/mol. The Morgan fingerprint density at radius 3 is 2.62 bits per heavy atom. The maximum Gasteiger partial charge on any atom is 0.115 e. The van der Waals surface area contributed by atoms with Gasteiger partial charge in [-0.1, -0.05) is 37.3 Å². The number of nitrogens with one attached hydrogen (secondary N) is 1. The summed E-state index contributed by atoms with van der Waals surface area (Å²) in [5.74, 6) is 1.37. The predicted molar refractivity (Wildman–Crippen MR) is 91.1 cm³/mol. The molecule has 1 unspecified atom stereocenters. The van der Waals surface area contributed by atoms with E-state index < -0.39 is 0 Å². The van der Waals surface area contributed by atoms with Crippen LogP contribution < -0.4 is 5.32 Å². The molecule has 0 radical (unpaired) electrons. The fourth-order valence-corrected chi connectivity index (χ4v) is 3.20. The summed E-state index contributed by atoms with van der Waals surface area (Å²) in [6.07, 6.45) is 2.07. The summed E-state index contributed by atoms with van der Waals surface area (Å²) in [5, 5.41) is 13.2. The van der Waals surface area contributed by atoms with E-state index in [0.29, 0.717) is 11.8 Å². The van der Waals surface area contributed by atoms with Crippen LogP contribution in [-0.2, 0) is 6.42 Å². The highest BCUT2D eigenvalue weighted by Gasteiger charge is 2.10. The molecule has 0 bridgehead atoms. The van der Waals surface area contributed by atoms with Crippen molar-refractivity contribution in [1.29, 1.82) is 0 Å². The first-order chi connectivity index (χ1) is 10.3. The quantitative estimate of drug-likeness (QED) is 0.720. The van der Waals surface area contributed by atoms with Crippen molar-refractivity contribution < 1.29 is 5.11 Å². The predicted octanol–water partition coefficient (Wildman–Crippen LogP) is 4.10. The first-order valence-corrected chi connectivity index (χ1v) is 8.45. The molecular formula is C18H23NOS. The molecular weight excluding hydrogens is 278 g/mol. The lowest BCUT2D eigenvalue weighted by atomic mass is 10.1. The highest BCUT2D eigenvalue weighted by Crippen LogP contribution is 2.20. The molecule has 2 aromatic rings. The molecule has 0 aliphatic heterocycles. The maximum absolute atomic E-state index is 9.58. The van der Waals surface area contributed by atoms with Gasteiger partial charge in [0.25, 0.3) is 0 Å². The molecule has 0 amide bonds. The van der Waals surface area contributed by atoms with E-state index >= 15 is 0 Å². The van der Waals surface area contributed by atoms with Gasteiger partial charge in [-0.2, -0.15) is 0 Å². The van der Waals surface area contributed by atoms with Gasteiger partial charge in [0.05, 0.1) is 0 Å². The Kier molecular flexibility index (Phi) is 6.64. The zero-order valence-electron chi connectivity index (χ0n) is 12.5.